The molecule has 5 rings (SSSR count). The van der Waals surface area contributed by atoms with Gasteiger partial charge in [-0.2, -0.15) is 5.26 Å². The molecular formula is C20H27NO3. The SMILES string of the molecule is C[C@@]12CC[C@H]3[C@@H](CC[C@@]45O[C@@H]4C(=O)C(C#N)C[C@@]35C)[C@@H]1CC[C@@H]2O. The first-order chi connectivity index (χ1) is 11.4. The van der Waals surface area contributed by atoms with Gasteiger partial charge in [-0.1, -0.05) is 13.8 Å². The highest BCUT2D eigenvalue weighted by molar-refractivity contribution is 5.92. The molecular weight excluding hydrogens is 302 g/mol. The zero-order chi connectivity index (χ0) is 16.9. The Balaban J connectivity index is 1.53. The smallest absolute Gasteiger partial charge is 0.181 e. The second-order valence-electron chi connectivity index (χ2n) is 9.65. The Morgan fingerprint density at radius 3 is 2.71 bits per heavy atom. The van der Waals surface area contributed by atoms with E-state index in [-0.39, 0.29) is 34.4 Å². The molecule has 1 saturated heterocycles. The molecule has 9 atom stereocenters. The van der Waals surface area contributed by atoms with Crippen LogP contribution in [-0.4, -0.2) is 28.7 Å². The minimum absolute atomic E-state index is 0.0327. The van der Waals surface area contributed by atoms with Gasteiger partial charge in [0, 0.05) is 5.41 Å². The van der Waals surface area contributed by atoms with Gasteiger partial charge in [-0.25, -0.2) is 0 Å². The van der Waals surface area contributed by atoms with Crippen molar-refractivity contribution in [1.29, 1.82) is 5.26 Å². The first-order valence-corrected chi connectivity index (χ1v) is 9.67. The molecule has 5 fully saturated rings. The molecule has 5 aliphatic rings. The molecule has 1 N–H and O–H groups in total. The van der Waals surface area contributed by atoms with E-state index in [1.165, 1.54) is 0 Å². The Morgan fingerprint density at radius 1 is 1.17 bits per heavy atom. The molecule has 0 bridgehead atoms. The number of rotatable bonds is 0. The number of carbonyl (C=O) groups excluding carboxylic acids is 1. The van der Waals surface area contributed by atoms with E-state index < -0.39 is 5.92 Å². The molecule has 1 unspecified atom stereocenters. The standard InChI is InChI=1S/C20H27NO3/c1-18-7-6-14-12(13(18)3-4-15(18)22)5-8-20-17(24-20)16(23)11(10-21)9-19(14,20)2/h11-15,17,22H,3-9H2,1-2H3/t11?,12-,13-,14-,15-,17+,18+,19-,20+/m0/s1. The van der Waals surface area contributed by atoms with Crippen LogP contribution >= 0.6 is 0 Å². The van der Waals surface area contributed by atoms with Crippen LogP contribution in [-0.2, 0) is 9.53 Å². The lowest BCUT2D eigenvalue weighted by molar-refractivity contribution is -0.138. The predicted octanol–water partition coefficient (Wildman–Crippen LogP) is 2.84. The average molecular weight is 329 g/mol. The second-order valence-corrected chi connectivity index (χ2v) is 9.65. The van der Waals surface area contributed by atoms with Crippen molar-refractivity contribution in [3.63, 3.8) is 0 Å². The summed E-state index contributed by atoms with van der Waals surface area (Å²) in [5.74, 6) is 1.29. The minimum atomic E-state index is -0.489. The van der Waals surface area contributed by atoms with E-state index in [2.05, 4.69) is 19.9 Å². The Labute approximate surface area is 143 Å². The monoisotopic (exact) mass is 329 g/mol. The van der Waals surface area contributed by atoms with E-state index in [4.69, 9.17) is 4.74 Å². The predicted molar refractivity (Wildman–Crippen MR) is 86.7 cm³/mol. The fourth-order valence-electron chi connectivity index (χ4n) is 7.66. The van der Waals surface area contributed by atoms with Crippen LogP contribution in [0.1, 0.15) is 58.8 Å². The fourth-order valence-corrected chi connectivity index (χ4v) is 7.66. The van der Waals surface area contributed by atoms with Crippen LogP contribution in [0, 0.1) is 45.8 Å². The molecule has 0 aromatic carbocycles. The van der Waals surface area contributed by atoms with Crippen molar-refractivity contribution in [3.8, 4) is 6.07 Å². The molecule has 0 radical (unpaired) electrons. The third kappa shape index (κ3) is 1.51. The summed E-state index contributed by atoms with van der Waals surface area (Å²) in [5, 5.41) is 20.0. The van der Waals surface area contributed by atoms with Crippen molar-refractivity contribution in [1.82, 2.24) is 0 Å². The van der Waals surface area contributed by atoms with Gasteiger partial charge in [-0.15, -0.1) is 0 Å². The molecule has 4 aliphatic carbocycles. The van der Waals surface area contributed by atoms with Crippen LogP contribution in [0.15, 0.2) is 0 Å². The number of epoxide rings is 1. The highest BCUT2D eigenvalue weighted by atomic mass is 16.6. The highest BCUT2D eigenvalue weighted by Gasteiger charge is 2.78. The maximum atomic E-state index is 12.4. The van der Waals surface area contributed by atoms with Gasteiger partial charge in [0.2, 0.25) is 0 Å². The first-order valence-electron chi connectivity index (χ1n) is 9.67. The van der Waals surface area contributed by atoms with Crippen LogP contribution in [0.2, 0.25) is 0 Å². The maximum absolute atomic E-state index is 12.4. The van der Waals surface area contributed by atoms with Crippen LogP contribution in [0.5, 0.6) is 0 Å². The Bertz CT molecular complexity index is 656. The highest BCUT2D eigenvalue weighted by Crippen LogP contribution is 2.72. The number of aliphatic hydroxyl groups is 1. The van der Waals surface area contributed by atoms with Gasteiger partial charge in [0.05, 0.1) is 12.2 Å². The van der Waals surface area contributed by atoms with Gasteiger partial charge >= 0.3 is 0 Å². The number of Topliss-reactive ketones (excluding diaryl/α,β-unsaturated/α-hetero) is 1. The Kier molecular flexibility index (Phi) is 2.83. The molecule has 0 aromatic rings. The Hall–Kier alpha value is -0.920. The van der Waals surface area contributed by atoms with E-state index in [0.717, 1.165) is 38.5 Å². The van der Waals surface area contributed by atoms with Gasteiger partial charge in [0.1, 0.15) is 17.6 Å². The molecule has 4 heteroatoms. The van der Waals surface area contributed by atoms with Crippen molar-refractivity contribution in [2.45, 2.75) is 76.6 Å². The van der Waals surface area contributed by atoms with E-state index in [0.29, 0.717) is 24.2 Å². The summed E-state index contributed by atoms with van der Waals surface area (Å²) < 4.78 is 6.07. The Morgan fingerprint density at radius 2 is 1.96 bits per heavy atom. The summed E-state index contributed by atoms with van der Waals surface area (Å²) in [6.07, 6.45) is 6.53. The summed E-state index contributed by atoms with van der Waals surface area (Å²) in [7, 11) is 0. The number of hydrogen-bond donors (Lipinski definition) is 1. The van der Waals surface area contributed by atoms with Crippen LogP contribution in [0.25, 0.3) is 0 Å². The summed E-state index contributed by atoms with van der Waals surface area (Å²) in [4.78, 5) is 12.4. The largest absolute Gasteiger partial charge is 0.393 e. The number of ketones is 1. The van der Waals surface area contributed by atoms with Crippen molar-refractivity contribution in [2.24, 2.45) is 34.5 Å². The number of fused-ring (bicyclic) bond motifs is 4. The zero-order valence-corrected chi connectivity index (χ0v) is 14.6. The lowest BCUT2D eigenvalue weighted by Crippen LogP contribution is -2.59. The lowest BCUT2D eigenvalue weighted by Gasteiger charge is -2.59. The molecule has 130 valence electrons. The molecule has 1 heterocycles. The topological polar surface area (TPSA) is 73.6 Å². The second kappa shape index (κ2) is 4.43. The summed E-state index contributed by atoms with van der Waals surface area (Å²) >= 11 is 0. The molecule has 0 amide bonds. The van der Waals surface area contributed by atoms with Gasteiger partial charge < -0.3 is 9.84 Å². The van der Waals surface area contributed by atoms with Crippen LogP contribution in [0.4, 0.5) is 0 Å². The summed E-state index contributed by atoms with van der Waals surface area (Å²) in [6, 6.07) is 2.25. The first kappa shape index (κ1) is 15.3. The number of hydrogen-bond acceptors (Lipinski definition) is 4. The third-order valence-corrected chi connectivity index (χ3v) is 9.10. The van der Waals surface area contributed by atoms with Gasteiger partial charge in [0.15, 0.2) is 5.78 Å². The normalized spacial score (nSPS) is 61.2. The van der Waals surface area contributed by atoms with Crippen molar-refractivity contribution >= 4 is 5.78 Å². The summed E-state index contributed by atoms with van der Waals surface area (Å²) in [5.41, 5.74) is -0.252. The number of nitrogens with zero attached hydrogens (tertiary/aromatic N) is 1. The lowest BCUT2D eigenvalue weighted by atomic mass is 9.44. The molecule has 4 nitrogen and oxygen atoms in total. The maximum Gasteiger partial charge on any atom is 0.181 e. The number of ether oxygens (including phenoxy) is 1. The van der Waals surface area contributed by atoms with Crippen molar-refractivity contribution < 1.29 is 14.6 Å². The quantitative estimate of drug-likeness (QED) is 0.694. The average Bonchev–Trinajstić information content (AvgIpc) is 3.23. The number of aliphatic hydroxyl groups excluding tert-OH is 1. The molecule has 24 heavy (non-hydrogen) atoms. The van der Waals surface area contributed by atoms with E-state index in [1.807, 2.05) is 0 Å². The van der Waals surface area contributed by atoms with Crippen LogP contribution < -0.4 is 0 Å². The van der Waals surface area contributed by atoms with Gasteiger partial charge in [-0.3, -0.25) is 4.79 Å². The van der Waals surface area contributed by atoms with E-state index in [9.17, 15) is 15.2 Å². The van der Waals surface area contributed by atoms with Crippen LogP contribution in [0.3, 0.4) is 0 Å². The van der Waals surface area contributed by atoms with E-state index in [1.54, 1.807) is 0 Å². The third-order valence-electron chi connectivity index (χ3n) is 9.10. The van der Waals surface area contributed by atoms with Crippen molar-refractivity contribution in [3.05, 3.63) is 0 Å². The van der Waals surface area contributed by atoms with E-state index >= 15 is 0 Å². The molecule has 4 saturated carbocycles. The van der Waals surface area contributed by atoms with Gasteiger partial charge in [-0.05, 0) is 68.1 Å². The fraction of sp³-hybridized carbons (Fsp3) is 0.900. The van der Waals surface area contributed by atoms with Crippen molar-refractivity contribution in [2.75, 3.05) is 0 Å². The number of nitriles is 1. The zero-order valence-electron chi connectivity index (χ0n) is 14.6. The number of carbonyl (C=O) groups is 1. The molecule has 0 aromatic heterocycles. The van der Waals surface area contributed by atoms with Gasteiger partial charge in [0.25, 0.3) is 0 Å². The molecule has 1 spiro atoms. The molecule has 1 aliphatic heterocycles. The summed E-state index contributed by atoms with van der Waals surface area (Å²) in [6.45, 7) is 4.59. The minimum Gasteiger partial charge on any atom is -0.393 e.